The molecule has 0 bridgehead atoms. The third-order valence-electron chi connectivity index (χ3n) is 2.08. The van der Waals surface area contributed by atoms with Gasteiger partial charge in [0, 0.05) is 0 Å². The van der Waals surface area contributed by atoms with E-state index in [1.165, 1.54) is 12.8 Å². The molecule has 0 aromatic heterocycles. The van der Waals surface area contributed by atoms with Gasteiger partial charge in [-0.05, 0) is 31.7 Å². The van der Waals surface area contributed by atoms with E-state index in [-0.39, 0.29) is 6.23 Å². The maximum Gasteiger partial charge on any atom is 0.107 e. The predicted octanol–water partition coefficient (Wildman–Crippen LogP) is 0.714. The molecule has 9 heavy (non-hydrogen) atoms. The van der Waals surface area contributed by atoms with Gasteiger partial charge in [0.1, 0.15) is 6.23 Å². The molecule has 0 aliphatic carbocycles. The number of piperidine rings is 1. The van der Waals surface area contributed by atoms with Crippen molar-refractivity contribution >= 4 is 0 Å². The Morgan fingerprint density at radius 1 is 1.67 bits per heavy atom. The summed E-state index contributed by atoms with van der Waals surface area (Å²) in [4.78, 5) is 0. The van der Waals surface area contributed by atoms with Gasteiger partial charge in [-0.2, -0.15) is 0 Å². The van der Waals surface area contributed by atoms with Gasteiger partial charge in [-0.25, -0.2) is 0 Å². The van der Waals surface area contributed by atoms with Crippen LogP contribution >= 0.6 is 0 Å². The molecular formula is C7H15NO. The molecule has 1 saturated heterocycles. The highest BCUT2D eigenvalue weighted by Crippen LogP contribution is 2.17. The molecule has 2 atom stereocenters. The lowest BCUT2D eigenvalue weighted by Gasteiger charge is -2.27. The van der Waals surface area contributed by atoms with Crippen LogP contribution in [0.5, 0.6) is 0 Å². The Morgan fingerprint density at radius 2 is 2.44 bits per heavy atom. The summed E-state index contributed by atoms with van der Waals surface area (Å²) in [7, 11) is 0. The molecule has 2 unspecified atom stereocenters. The van der Waals surface area contributed by atoms with Crippen molar-refractivity contribution < 1.29 is 5.11 Å². The first-order chi connectivity index (χ1) is 4.34. The zero-order valence-corrected chi connectivity index (χ0v) is 5.93. The average Bonchev–Trinajstić information content (AvgIpc) is 1.89. The second kappa shape index (κ2) is 3.18. The van der Waals surface area contributed by atoms with Crippen molar-refractivity contribution in [3.8, 4) is 0 Å². The van der Waals surface area contributed by atoms with E-state index < -0.39 is 0 Å². The topological polar surface area (TPSA) is 32.3 Å². The van der Waals surface area contributed by atoms with Crippen molar-refractivity contribution in [1.29, 1.82) is 0 Å². The summed E-state index contributed by atoms with van der Waals surface area (Å²) in [5.41, 5.74) is 0. The number of rotatable bonds is 1. The molecule has 0 aromatic rings. The molecular weight excluding hydrogens is 114 g/mol. The summed E-state index contributed by atoms with van der Waals surface area (Å²) >= 11 is 0. The standard InChI is InChI=1S/C7H15NO/c1-2-6-4-3-5-8-7(6)9/h6-9H,2-5H2,1H3. The molecule has 0 aromatic carbocycles. The van der Waals surface area contributed by atoms with Gasteiger partial charge in [-0.3, -0.25) is 5.32 Å². The van der Waals surface area contributed by atoms with Gasteiger partial charge < -0.3 is 5.11 Å². The zero-order valence-electron chi connectivity index (χ0n) is 5.93. The lowest BCUT2D eigenvalue weighted by atomic mass is 9.95. The van der Waals surface area contributed by atoms with Crippen molar-refractivity contribution in [2.45, 2.75) is 32.4 Å². The molecule has 2 nitrogen and oxygen atoms in total. The Balaban J connectivity index is 2.30. The summed E-state index contributed by atoms with van der Waals surface area (Å²) < 4.78 is 0. The van der Waals surface area contributed by atoms with E-state index in [0.717, 1.165) is 13.0 Å². The smallest absolute Gasteiger partial charge is 0.107 e. The van der Waals surface area contributed by atoms with Crippen LogP contribution in [-0.4, -0.2) is 17.9 Å². The van der Waals surface area contributed by atoms with Crippen LogP contribution in [0.2, 0.25) is 0 Å². The van der Waals surface area contributed by atoms with Crippen molar-refractivity contribution in [3.63, 3.8) is 0 Å². The third-order valence-corrected chi connectivity index (χ3v) is 2.08. The molecule has 2 N–H and O–H groups in total. The van der Waals surface area contributed by atoms with Gasteiger partial charge in [0.2, 0.25) is 0 Å². The molecule has 54 valence electrons. The highest BCUT2D eigenvalue weighted by molar-refractivity contribution is 4.71. The minimum atomic E-state index is -0.233. The van der Waals surface area contributed by atoms with Crippen LogP contribution in [0.3, 0.4) is 0 Å². The largest absolute Gasteiger partial charge is 0.378 e. The minimum absolute atomic E-state index is 0.233. The van der Waals surface area contributed by atoms with E-state index in [4.69, 9.17) is 0 Å². The molecule has 1 aliphatic rings. The van der Waals surface area contributed by atoms with E-state index in [0.29, 0.717) is 5.92 Å². The van der Waals surface area contributed by atoms with Gasteiger partial charge in [0.15, 0.2) is 0 Å². The fourth-order valence-electron chi connectivity index (χ4n) is 1.37. The van der Waals surface area contributed by atoms with Crippen LogP contribution in [0.4, 0.5) is 0 Å². The summed E-state index contributed by atoms with van der Waals surface area (Å²) in [5.74, 6) is 0.499. The lowest BCUT2D eigenvalue weighted by Crippen LogP contribution is -2.40. The number of hydrogen-bond donors (Lipinski definition) is 2. The number of aliphatic hydroxyl groups excluding tert-OH is 1. The van der Waals surface area contributed by atoms with Crippen molar-refractivity contribution in [2.75, 3.05) is 6.54 Å². The van der Waals surface area contributed by atoms with Crippen LogP contribution < -0.4 is 5.32 Å². The van der Waals surface area contributed by atoms with Gasteiger partial charge in [-0.1, -0.05) is 6.92 Å². The first-order valence-electron chi connectivity index (χ1n) is 3.76. The maximum absolute atomic E-state index is 9.26. The van der Waals surface area contributed by atoms with Crippen LogP contribution in [-0.2, 0) is 0 Å². The summed E-state index contributed by atoms with van der Waals surface area (Å²) in [5, 5.41) is 12.3. The van der Waals surface area contributed by atoms with Gasteiger partial charge in [-0.15, -0.1) is 0 Å². The van der Waals surface area contributed by atoms with Crippen LogP contribution in [0.25, 0.3) is 0 Å². The van der Waals surface area contributed by atoms with E-state index in [2.05, 4.69) is 12.2 Å². The van der Waals surface area contributed by atoms with Gasteiger partial charge in [0.05, 0.1) is 0 Å². The second-order valence-corrected chi connectivity index (χ2v) is 2.71. The number of nitrogens with one attached hydrogen (secondary N) is 1. The molecule has 1 fully saturated rings. The highest BCUT2D eigenvalue weighted by Gasteiger charge is 2.19. The summed E-state index contributed by atoms with van der Waals surface area (Å²) in [6.45, 7) is 3.11. The maximum atomic E-state index is 9.26. The normalized spacial score (nSPS) is 36.7. The van der Waals surface area contributed by atoms with E-state index in [1.807, 2.05) is 0 Å². The average molecular weight is 129 g/mol. The Bertz CT molecular complexity index is 85.0. The predicted molar refractivity (Wildman–Crippen MR) is 37.0 cm³/mol. The highest BCUT2D eigenvalue weighted by atomic mass is 16.3. The van der Waals surface area contributed by atoms with Gasteiger partial charge in [0.25, 0.3) is 0 Å². The fraction of sp³-hybridized carbons (Fsp3) is 1.00. The van der Waals surface area contributed by atoms with Crippen LogP contribution in [0.15, 0.2) is 0 Å². The SMILES string of the molecule is CCC1CCCNC1O. The van der Waals surface area contributed by atoms with Crippen molar-refractivity contribution in [3.05, 3.63) is 0 Å². The van der Waals surface area contributed by atoms with E-state index >= 15 is 0 Å². The molecule has 0 saturated carbocycles. The Hall–Kier alpha value is -0.0800. The summed E-state index contributed by atoms with van der Waals surface area (Å²) in [6, 6.07) is 0. The Kier molecular flexibility index (Phi) is 2.49. The molecule has 1 rings (SSSR count). The monoisotopic (exact) mass is 129 g/mol. The van der Waals surface area contributed by atoms with Crippen molar-refractivity contribution in [1.82, 2.24) is 5.32 Å². The molecule has 0 radical (unpaired) electrons. The van der Waals surface area contributed by atoms with Crippen molar-refractivity contribution in [2.24, 2.45) is 5.92 Å². The number of hydrogen-bond acceptors (Lipinski definition) is 2. The lowest BCUT2D eigenvalue weighted by molar-refractivity contribution is 0.0480. The molecule has 0 amide bonds. The molecule has 1 aliphatic heterocycles. The number of aliphatic hydroxyl groups is 1. The first kappa shape index (κ1) is 7.03. The zero-order chi connectivity index (χ0) is 6.69. The Morgan fingerprint density at radius 3 is 2.89 bits per heavy atom. The van der Waals surface area contributed by atoms with Crippen LogP contribution in [0.1, 0.15) is 26.2 Å². The second-order valence-electron chi connectivity index (χ2n) is 2.71. The van der Waals surface area contributed by atoms with Crippen LogP contribution in [0, 0.1) is 5.92 Å². The third kappa shape index (κ3) is 1.66. The first-order valence-corrected chi connectivity index (χ1v) is 3.76. The minimum Gasteiger partial charge on any atom is -0.378 e. The molecule has 0 spiro atoms. The molecule has 2 heteroatoms. The summed E-state index contributed by atoms with van der Waals surface area (Å²) in [6.07, 6.45) is 3.26. The van der Waals surface area contributed by atoms with Gasteiger partial charge >= 0.3 is 0 Å². The van der Waals surface area contributed by atoms with E-state index in [1.54, 1.807) is 0 Å². The Labute approximate surface area is 56.3 Å². The molecule has 1 heterocycles. The fourth-order valence-corrected chi connectivity index (χ4v) is 1.37. The van der Waals surface area contributed by atoms with E-state index in [9.17, 15) is 5.11 Å². The quantitative estimate of drug-likeness (QED) is 0.546.